The van der Waals surface area contributed by atoms with Gasteiger partial charge >= 0.3 is 0 Å². The molecule has 0 bridgehead atoms. The first-order chi connectivity index (χ1) is 9.83. The lowest BCUT2D eigenvalue weighted by Crippen LogP contribution is -2.35. The van der Waals surface area contributed by atoms with Gasteiger partial charge in [0, 0.05) is 13.0 Å². The molecule has 1 amide bonds. The van der Waals surface area contributed by atoms with Gasteiger partial charge in [0.1, 0.15) is 5.76 Å². The third kappa shape index (κ3) is 2.93. The van der Waals surface area contributed by atoms with Gasteiger partial charge in [0.05, 0.1) is 12.8 Å². The molecule has 0 saturated heterocycles. The molecule has 1 aromatic heterocycles. The molecule has 2 aromatic rings. The molecule has 0 spiro atoms. The zero-order valence-corrected chi connectivity index (χ0v) is 11.5. The summed E-state index contributed by atoms with van der Waals surface area (Å²) in [6.07, 6.45) is 5.12. The van der Waals surface area contributed by atoms with Crippen molar-refractivity contribution in [2.75, 3.05) is 6.54 Å². The van der Waals surface area contributed by atoms with Crippen molar-refractivity contribution in [3.05, 3.63) is 59.5 Å². The number of carbonyl (C=O) groups is 1. The molecule has 1 aromatic carbocycles. The number of nitrogens with zero attached hydrogens (tertiary/aromatic N) is 1. The van der Waals surface area contributed by atoms with Crippen LogP contribution in [0.2, 0.25) is 0 Å². The fraction of sp³-hybridized carbons (Fsp3) is 0.353. The van der Waals surface area contributed by atoms with Crippen molar-refractivity contribution in [2.45, 2.75) is 32.2 Å². The van der Waals surface area contributed by atoms with E-state index < -0.39 is 0 Å². The van der Waals surface area contributed by atoms with Crippen LogP contribution in [0.25, 0.3) is 0 Å². The average molecular weight is 269 g/mol. The molecule has 0 fully saturated rings. The number of fused-ring (bicyclic) bond motifs is 1. The van der Waals surface area contributed by atoms with Crippen molar-refractivity contribution < 1.29 is 9.21 Å². The highest BCUT2D eigenvalue weighted by Crippen LogP contribution is 2.20. The van der Waals surface area contributed by atoms with Crippen LogP contribution in [-0.2, 0) is 24.2 Å². The Labute approximate surface area is 119 Å². The largest absolute Gasteiger partial charge is 0.467 e. The SMILES string of the molecule is O=C(CCCc1ccccc1)N1CCc2ccoc2C1. The predicted octanol–water partition coefficient (Wildman–Crippen LogP) is 3.19. The summed E-state index contributed by atoms with van der Waals surface area (Å²) in [4.78, 5) is 14.1. The number of hydrogen-bond acceptors (Lipinski definition) is 2. The summed E-state index contributed by atoms with van der Waals surface area (Å²) in [7, 11) is 0. The minimum absolute atomic E-state index is 0.239. The Balaban J connectivity index is 1.48. The summed E-state index contributed by atoms with van der Waals surface area (Å²) >= 11 is 0. The van der Waals surface area contributed by atoms with Gasteiger partial charge in [0.2, 0.25) is 5.91 Å². The van der Waals surface area contributed by atoms with Gasteiger partial charge in [0.15, 0.2) is 0 Å². The molecule has 0 unspecified atom stereocenters. The number of carbonyl (C=O) groups excluding carboxylic acids is 1. The Morgan fingerprint density at radius 3 is 2.90 bits per heavy atom. The summed E-state index contributed by atoms with van der Waals surface area (Å²) < 4.78 is 5.42. The van der Waals surface area contributed by atoms with Crippen LogP contribution in [-0.4, -0.2) is 17.4 Å². The minimum atomic E-state index is 0.239. The van der Waals surface area contributed by atoms with Crippen LogP contribution >= 0.6 is 0 Å². The summed E-state index contributed by atoms with van der Waals surface area (Å²) in [6, 6.07) is 12.3. The van der Waals surface area contributed by atoms with E-state index in [4.69, 9.17) is 4.42 Å². The van der Waals surface area contributed by atoms with E-state index in [0.29, 0.717) is 13.0 Å². The third-order valence-electron chi connectivity index (χ3n) is 3.87. The van der Waals surface area contributed by atoms with Gasteiger partial charge in [-0.05, 0) is 36.5 Å². The van der Waals surface area contributed by atoms with Crippen molar-refractivity contribution >= 4 is 5.91 Å². The maximum absolute atomic E-state index is 12.2. The molecule has 3 rings (SSSR count). The third-order valence-corrected chi connectivity index (χ3v) is 3.87. The topological polar surface area (TPSA) is 33.5 Å². The van der Waals surface area contributed by atoms with Crippen LogP contribution < -0.4 is 0 Å². The number of benzene rings is 1. The number of rotatable bonds is 4. The molecule has 20 heavy (non-hydrogen) atoms. The lowest BCUT2D eigenvalue weighted by molar-refractivity contribution is -0.132. The molecule has 3 nitrogen and oxygen atoms in total. The molecular formula is C17H19NO2. The Kier molecular flexibility index (Phi) is 3.86. The second kappa shape index (κ2) is 5.95. The zero-order chi connectivity index (χ0) is 13.8. The fourth-order valence-electron chi connectivity index (χ4n) is 2.70. The molecule has 1 aliphatic rings. The molecule has 0 radical (unpaired) electrons. The maximum Gasteiger partial charge on any atom is 0.222 e. The van der Waals surface area contributed by atoms with E-state index in [0.717, 1.165) is 31.6 Å². The van der Waals surface area contributed by atoms with Gasteiger partial charge in [-0.25, -0.2) is 0 Å². The normalized spacial score (nSPS) is 14.1. The van der Waals surface area contributed by atoms with Crippen LogP contribution in [0.15, 0.2) is 47.1 Å². The van der Waals surface area contributed by atoms with E-state index in [1.807, 2.05) is 29.2 Å². The van der Waals surface area contributed by atoms with Crippen LogP contribution in [0.3, 0.4) is 0 Å². The predicted molar refractivity (Wildman–Crippen MR) is 77.2 cm³/mol. The monoisotopic (exact) mass is 269 g/mol. The zero-order valence-electron chi connectivity index (χ0n) is 11.5. The van der Waals surface area contributed by atoms with Gasteiger partial charge in [-0.1, -0.05) is 30.3 Å². The molecule has 3 heteroatoms. The van der Waals surface area contributed by atoms with Crippen LogP contribution in [0.5, 0.6) is 0 Å². The Morgan fingerprint density at radius 2 is 2.05 bits per heavy atom. The highest BCUT2D eigenvalue weighted by Gasteiger charge is 2.22. The first kappa shape index (κ1) is 13.0. The summed E-state index contributed by atoms with van der Waals surface area (Å²) in [5.74, 6) is 1.19. The number of aryl methyl sites for hydroxylation is 1. The highest BCUT2D eigenvalue weighted by atomic mass is 16.3. The number of hydrogen-bond donors (Lipinski definition) is 0. The van der Waals surface area contributed by atoms with Gasteiger partial charge in [-0.2, -0.15) is 0 Å². The Morgan fingerprint density at radius 1 is 1.20 bits per heavy atom. The summed E-state index contributed by atoms with van der Waals surface area (Å²) in [5.41, 5.74) is 2.55. The van der Waals surface area contributed by atoms with Gasteiger partial charge in [-0.15, -0.1) is 0 Å². The molecule has 0 atom stereocenters. The smallest absolute Gasteiger partial charge is 0.222 e. The van der Waals surface area contributed by atoms with Crippen molar-refractivity contribution in [1.82, 2.24) is 4.90 Å². The molecule has 0 N–H and O–H groups in total. The minimum Gasteiger partial charge on any atom is -0.467 e. The molecular weight excluding hydrogens is 250 g/mol. The second-order valence-electron chi connectivity index (χ2n) is 5.27. The molecule has 104 valence electrons. The van der Waals surface area contributed by atoms with E-state index in [-0.39, 0.29) is 5.91 Å². The molecule has 1 aliphatic heterocycles. The van der Waals surface area contributed by atoms with Crippen molar-refractivity contribution in [3.63, 3.8) is 0 Å². The number of amides is 1. The summed E-state index contributed by atoms with van der Waals surface area (Å²) in [5, 5.41) is 0. The first-order valence-electron chi connectivity index (χ1n) is 7.20. The fourth-order valence-corrected chi connectivity index (χ4v) is 2.70. The van der Waals surface area contributed by atoms with E-state index in [1.165, 1.54) is 11.1 Å². The van der Waals surface area contributed by atoms with E-state index in [9.17, 15) is 4.79 Å². The standard InChI is InChI=1S/C17H19NO2/c19-17(8-4-7-14-5-2-1-3-6-14)18-11-9-15-10-12-20-16(15)13-18/h1-3,5-6,10,12H,4,7-9,11,13H2. The quantitative estimate of drug-likeness (QED) is 0.854. The Bertz CT molecular complexity index is 574. The van der Waals surface area contributed by atoms with Crippen LogP contribution in [0, 0.1) is 0 Å². The molecule has 0 saturated carbocycles. The van der Waals surface area contributed by atoms with Crippen LogP contribution in [0.4, 0.5) is 0 Å². The van der Waals surface area contributed by atoms with Crippen molar-refractivity contribution in [3.8, 4) is 0 Å². The van der Waals surface area contributed by atoms with E-state index in [1.54, 1.807) is 6.26 Å². The Hall–Kier alpha value is -2.03. The van der Waals surface area contributed by atoms with E-state index in [2.05, 4.69) is 12.1 Å². The van der Waals surface area contributed by atoms with E-state index >= 15 is 0 Å². The van der Waals surface area contributed by atoms with Crippen molar-refractivity contribution in [1.29, 1.82) is 0 Å². The van der Waals surface area contributed by atoms with Gasteiger partial charge in [0.25, 0.3) is 0 Å². The first-order valence-corrected chi connectivity index (χ1v) is 7.20. The van der Waals surface area contributed by atoms with Crippen LogP contribution in [0.1, 0.15) is 29.7 Å². The lowest BCUT2D eigenvalue weighted by Gasteiger charge is -2.26. The number of furan rings is 1. The lowest BCUT2D eigenvalue weighted by atomic mass is 10.1. The van der Waals surface area contributed by atoms with Gasteiger partial charge in [-0.3, -0.25) is 4.79 Å². The van der Waals surface area contributed by atoms with Crippen molar-refractivity contribution in [2.24, 2.45) is 0 Å². The molecule has 2 heterocycles. The average Bonchev–Trinajstić information content (AvgIpc) is 2.95. The molecule has 0 aliphatic carbocycles. The highest BCUT2D eigenvalue weighted by molar-refractivity contribution is 5.76. The summed E-state index contributed by atoms with van der Waals surface area (Å²) in [6.45, 7) is 1.45. The maximum atomic E-state index is 12.2. The van der Waals surface area contributed by atoms with Gasteiger partial charge < -0.3 is 9.32 Å². The second-order valence-corrected chi connectivity index (χ2v) is 5.27.